The van der Waals surface area contributed by atoms with Gasteiger partial charge in [0.05, 0.1) is 0 Å². The van der Waals surface area contributed by atoms with Gasteiger partial charge < -0.3 is 14.2 Å². The van der Waals surface area contributed by atoms with Gasteiger partial charge in [0.25, 0.3) is 0 Å². The van der Waals surface area contributed by atoms with Gasteiger partial charge in [-0.3, -0.25) is 14.4 Å². The second-order valence-corrected chi connectivity index (χ2v) is 14.9. The zero-order valence-electron chi connectivity index (χ0n) is 31.9. The maximum atomic E-state index is 12.6. The predicted molar refractivity (Wildman–Crippen MR) is 196 cm³/mol. The van der Waals surface area contributed by atoms with Crippen LogP contribution in [0.1, 0.15) is 214 Å². The molecule has 6 nitrogen and oxygen atoms in total. The SMILES string of the molecule is CCCCCCCCCCCCCC(=O)OC[C@H](COC(=O)CCCCCCCCC(C)C)OC(=O)CCCCCCCCC(C)C. The number of rotatable bonds is 35. The molecule has 0 saturated carbocycles. The highest BCUT2D eigenvalue weighted by atomic mass is 16.6. The lowest BCUT2D eigenvalue weighted by Gasteiger charge is -2.18. The van der Waals surface area contributed by atoms with E-state index in [0.717, 1.165) is 69.6 Å². The summed E-state index contributed by atoms with van der Waals surface area (Å²) < 4.78 is 16.6. The van der Waals surface area contributed by atoms with Crippen molar-refractivity contribution in [2.24, 2.45) is 11.8 Å². The first-order valence-electron chi connectivity index (χ1n) is 20.2. The molecule has 47 heavy (non-hydrogen) atoms. The fraction of sp³-hybridized carbons (Fsp3) is 0.927. The summed E-state index contributed by atoms with van der Waals surface area (Å²) in [5.41, 5.74) is 0. The lowest BCUT2D eigenvalue weighted by Crippen LogP contribution is -2.30. The molecule has 0 spiro atoms. The summed E-state index contributed by atoms with van der Waals surface area (Å²) in [6, 6.07) is 0. The third-order valence-electron chi connectivity index (χ3n) is 8.97. The van der Waals surface area contributed by atoms with E-state index in [0.29, 0.717) is 19.3 Å². The highest BCUT2D eigenvalue weighted by Gasteiger charge is 2.19. The Hall–Kier alpha value is -1.59. The number of unbranched alkanes of at least 4 members (excludes halogenated alkanes) is 20. The topological polar surface area (TPSA) is 78.9 Å². The van der Waals surface area contributed by atoms with E-state index in [4.69, 9.17) is 14.2 Å². The van der Waals surface area contributed by atoms with Gasteiger partial charge in [-0.15, -0.1) is 0 Å². The van der Waals surface area contributed by atoms with Crippen LogP contribution in [0.5, 0.6) is 0 Å². The van der Waals surface area contributed by atoms with Crippen LogP contribution in [0.25, 0.3) is 0 Å². The van der Waals surface area contributed by atoms with Crippen LogP contribution in [0, 0.1) is 11.8 Å². The van der Waals surface area contributed by atoms with E-state index in [-0.39, 0.29) is 31.1 Å². The van der Waals surface area contributed by atoms with Crippen molar-refractivity contribution in [3.05, 3.63) is 0 Å². The minimum Gasteiger partial charge on any atom is -0.462 e. The molecular formula is C41H78O6. The van der Waals surface area contributed by atoms with E-state index < -0.39 is 6.10 Å². The van der Waals surface area contributed by atoms with Crippen molar-refractivity contribution in [1.29, 1.82) is 0 Å². The number of hydrogen-bond donors (Lipinski definition) is 0. The molecule has 0 aromatic rings. The summed E-state index contributed by atoms with van der Waals surface area (Å²) >= 11 is 0. The first-order valence-corrected chi connectivity index (χ1v) is 20.2. The molecule has 0 rings (SSSR count). The lowest BCUT2D eigenvalue weighted by molar-refractivity contribution is -0.167. The molecule has 0 aliphatic rings. The van der Waals surface area contributed by atoms with Crippen LogP contribution in [-0.2, 0) is 28.6 Å². The van der Waals surface area contributed by atoms with Gasteiger partial charge in [0, 0.05) is 19.3 Å². The number of carbonyl (C=O) groups is 3. The van der Waals surface area contributed by atoms with Crippen LogP contribution in [-0.4, -0.2) is 37.2 Å². The van der Waals surface area contributed by atoms with Gasteiger partial charge in [0.1, 0.15) is 13.2 Å². The maximum absolute atomic E-state index is 12.6. The monoisotopic (exact) mass is 667 g/mol. The summed E-state index contributed by atoms with van der Waals surface area (Å²) in [5.74, 6) is 0.648. The molecule has 0 amide bonds. The fourth-order valence-electron chi connectivity index (χ4n) is 5.87. The van der Waals surface area contributed by atoms with Crippen LogP contribution < -0.4 is 0 Å². The van der Waals surface area contributed by atoms with Crippen LogP contribution in [0.4, 0.5) is 0 Å². The van der Waals surface area contributed by atoms with Crippen molar-refractivity contribution in [1.82, 2.24) is 0 Å². The number of ether oxygens (including phenoxy) is 3. The Kier molecular flexibility index (Phi) is 33.1. The van der Waals surface area contributed by atoms with Gasteiger partial charge in [-0.1, -0.05) is 176 Å². The normalized spacial score (nSPS) is 12.1. The Morgan fingerprint density at radius 3 is 1.04 bits per heavy atom. The molecule has 278 valence electrons. The van der Waals surface area contributed by atoms with Gasteiger partial charge in [-0.05, 0) is 31.1 Å². The quantitative estimate of drug-likeness (QED) is 0.0380. The standard InChI is InChI=1S/C41H78O6/c1-6-7-8-9-10-11-12-13-14-21-26-31-39(42)45-34-38(47-41(44)33-28-23-18-16-20-25-30-37(4)5)35-46-40(43)32-27-22-17-15-19-24-29-36(2)3/h36-38H,6-35H2,1-5H3/t38-/m1/s1. The van der Waals surface area contributed by atoms with E-state index in [1.165, 1.54) is 103 Å². The minimum absolute atomic E-state index is 0.0673. The Balaban J connectivity index is 4.35. The average molecular weight is 667 g/mol. The number of carbonyl (C=O) groups excluding carboxylic acids is 3. The van der Waals surface area contributed by atoms with Crippen molar-refractivity contribution >= 4 is 17.9 Å². The smallest absolute Gasteiger partial charge is 0.306 e. The average Bonchev–Trinajstić information content (AvgIpc) is 3.03. The predicted octanol–water partition coefficient (Wildman–Crippen LogP) is 12.2. The second kappa shape index (κ2) is 34.3. The number of esters is 3. The van der Waals surface area contributed by atoms with E-state index in [2.05, 4.69) is 34.6 Å². The molecule has 0 aromatic carbocycles. The Morgan fingerprint density at radius 1 is 0.404 bits per heavy atom. The third-order valence-corrected chi connectivity index (χ3v) is 8.97. The van der Waals surface area contributed by atoms with E-state index in [1.54, 1.807) is 0 Å². The van der Waals surface area contributed by atoms with Crippen LogP contribution in [0.3, 0.4) is 0 Å². The molecule has 0 aliphatic heterocycles. The molecule has 0 unspecified atom stereocenters. The largest absolute Gasteiger partial charge is 0.462 e. The van der Waals surface area contributed by atoms with E-state index >= 15 is 0 Å². The molecule has 0 radical (unpaired) electrons. The second-order valence-electron chi connectivity index (χ2n) is 14.9. The van der Waals surface area contributed by atoms with E-state index in [9.17, 15) is 14.4 Å². The molecule has 1 atom stereocenters. The van der Waals surface area contributed by atoms with Crippen molar-refractivity contribution in [2.45, 2.75) is 221 Å². The minimum atomic E-state index is -0.760. The summed E-state index contributed by atoms with van der Waals surface area (Å²) in [7, 11) is 0. The summed E-state index contributed by atoms with van der Waals surface area (Å²) in [6.07, 6.45) is 29.7. The number of hydrogen-bond acceptors (Lipinski definition) is 6. The lowest BCUT2D eigenvalue weighted by atomic mass is 10.0. The van der Waals surface area contributed by atoms with Gasteiger partial charge in [-0.2, -0.15) is 0 Å². The molecular weight excluding hydrogens is 588 g/mol. The Labute approximate surface area is 291 Å². The zero-order chi connectivity index (χ0) is 34.8. The first-order chi connectivity index (χ1) is 22.7. The van der Waals surface area contributed by atoms with Gasteiger partial charge in [0.2, 0.25) is 0 Å². The summed E-state index contributed by atoms with van der Waals surface area (Å²) in [5, 5.41) is 0. The fourth-order valence-corrected chi connectivity index (χ4v) is 5.87. The zero-order valence-corrected chi connectivity index (χ0v) is 31.9. The van der Waals surface area contributed by atoms with Crippen molar-refractivity contribution in [3.8, 4) is 0 Å². The maximum Gasteiger partial charge on any atom is 0.306 e. The Morgan fingerprint density at radius 2 is 0.702 bits per heavy atom. The van der Waals surface area contributed by atoms with Crippen molar-refractivity contribution in [2.75, 3.05) is 13.2 Å². The van der Waals surface area contributed by atoms with E-state index in [1.807, 2.05) is 0 Å². The van der Waals surface area contributed by atoms with Crippen molar-refractivity contribution in [3.63, 3.8) is 0 Å². The molecule has 0 fully saturated rings. The summed E-state index contributed by atoms with van der Waals surface area (Å²) in [4.78, 5) is 37.4. The highest BCUT2D eigenvalue weighted by Crippen LogP contribution is 2.15. The van der Waals surface area contributed by atoms with Crippen LogP contribution >= 0.6 is 0 Å². The Bertz CT molecular complexity index is 719. The molecule has 0 saturated heterocycles. The van der Waals surface area contributed by atoms with Crippen LogP contribution in [0.2, 0.25) is 0 Å². The van der Waals surface area contributed by atoms with Crippen LogP contribution in [0.15, 0.2) is 0 Å². The van der Waals surface area contributed by atoms with Gasteiger partial charge in [-0.25, -0.2) is 0 Å². The third kappa shape index (κ3) is 35.5. The molecule has 0 bridgehead atoms. The molecule has 6 heteroatoms. The van der Waals surface area contributed by atoms with Gasteiger partial charge >= 0.3 is 17.9 Å². The molecule has 0 heterocycles. The molecule has 0 aliphatic carbocycles. The summed E-state index contributed by atoms with van der Waals surface area (Å²) in [6.45, 7) is 11.2. The molecule has 0 aromatic heterocycles. The first kappa shape index (κ1) is 45.4. The highest BCUT2D eigenvalue weighted by molar-refractivity contribution is 5.71. The molecule has 0 N–H and O–H groups in total. The van der Waals surface area contributed by atoms with Crippen molar-refractivity contribution < 1.29 is 28.6 Å². The van der Waals surface area contributed by atoms with Gasteiger partial charge in [0.15, 0.2) is 6.10 Å².